The molecule has 2 aromatic carbocycles. The maximum atomic E-state index is 12.4. The molecule has 0 saturated carbocycles. The van der Waals surface area contributed by atoms with Crippen LogP contribution in [0.2, 0.25) is 5.02 Å². The van der Waals surface area contributed by atoms with Crippen molar-refractivity contribution in [3.63, 3.8) is 0 Å². The maximum absolute atomic E-state index is 12.4. The minimum absolute atomic E-state index is 0.0878. The normalized spacial score (nSPS) is 11.5. The van der Waals surface area contributed by atoms with Gasteiger partial charge in [0, 0.05) is 11.4 Å². The predicted octanol–water partition coefficient (Wildman–Crippen LogP) is 4.49. The Kier molecular flexibility index (Phi) is 5.45. The van der Waals surface area contributed by atoms with E-state index in [0.29, 0.717) is 27.8 Å². The highest BCUT2D eigenvalue weighted by Crippen LogP contribution is 2.29. The molecule has 136 valence electrons. The second-order valence-corrected chi connectivity index (χ2v) is 8.71. The monoisotopic (exact) mass is 409 g/mol. The summed E-state index contributed by atoms with van der Waals surface area (Å²) in [5.74, 6) is -0.0878. The molecule has 0 aliphatic heterocycles. The number of carbonyl (C=O) groups is 1. The number of fused-ring (bicyclic) bond motifs is 1. The number of nitrogens with one attached hydrogen (secondary N) is 2. The van der Waals surface area contributed by atoms with Gasteiger partial charge in [-0.05, 0) is 48.9 Å². The van der Waals surface area contributed by atoms with Crippen LogP contribution in [0.25, 0.3) is 10.2 Å². The number of nitrogens with zero attached hydrogens (tertiary/aromatic N) is 1. The van der Waals surface area contributed by atoms with Crippen molar-refractivity contribution in [2.45, 2.75) is 24.7 Å². The van der Waals surface area contributed by atoms with Crippen LogP contribution < -0.4 is 10.0 Å². The zero-order valence-corrected chi connectivity index (χ0v) is 16.2. The molecule has 6 nitrogen and oxygen atoms in total. The maximum Gasteiger partial charge on any atom is 0.261 e. The number of halogens is 1. The molecule has 0 aliphatic rings. The highest BCUT2D eigenvalue weighted by atomic mass is 35.5. The van der Waals surface area contributed by atoms with Crippen molar-refractivity contribution in [1.29, 1.82) is 0 Å². The molecule has 0 unspecified atom stereocenters. The van der Waals surface area contributed by atoms with E-state index in [0.717, 1.165) is 11.1 Å². The highest BCUT2D eigenvalue weighted by molar-refractivity contribution is 7.92. The van der Waals surface area contributed by atoms with Crippen LogP contribution in [-0.4, -0.2) is 19.3 Å². The molecule has 0 bridgehead atoms. The summed E-state index contributed by atoms with van der Waals surface area (Å²) in [7, 11) is -3.72. The van der Waals surface area contributed by atoms with Crippen molar-refractivity contribution >= 4 is 59.9 Å². The number of anilines is 2. The van der Waals surface area contributed by atoms with E-state index in [9.17, 15) is 13.2 Å². The first kappa shape index (κ1) is 18.6. The molecule has 0 aliphatic carbocycles. The van der Waals surface area contributed by atoms with Crippen LogP contribution in [0.4, 0.5) is 10.8 Å². The van der Waals surface area contributed by atoms with Crippen LogP contribution in [0.15, 0.2) is 47.4 Å². The Morgan fingerprint density at radius 3 is 2.62 bits per heavy atom. The summed E-state index contributed by atoms with van der Waals surface area (Å²) in [5, 5.41) is 3.71. The fourth-order valence-corrected chi connectivity index (χ4v) is 4.32. The third-order valence-electron chi connectivity index (χ3n) is 3.49. The smallest absolute Gasteiger partial charge is 0.261 e. The van der Waals surface area contributed by atoms with Gasteiger partial charge in [-0.1, -0.05) is 29.9 Å². The number of aromatic nitrogens is 1. The molecule has 3 aromatic rings. The van der Waals surface area contributed by atoms with Gasteiger partial charge in [-0.15, -0.1) is 0 Å². The molecule has 1 heterocycles. The van der Waals surface area contributed by atoms with Crippen LogP contribution in [-0.2, 0) is 14.8 Å². The van der Waals surface area contributed by atoms with Crippen LogP contribution >= 0.6 is 22.9 Å². The summed E-state index contributed by atoms with van der Waals surface area (Å²) in [6.45, 7) is 1.93. The molecule has 1 aromatic heterocycles. The first-order valence-electron chi connectivity index (χ1n) is 7.86. The van der Waals surface area contributed by atoms with E-state index in [4.69, 9.17) is 11.6 Å². The molecule has 0 radical (unpaired) electrons. The molecule has 9 heteroatoms. The number of carbonyl (C=O) groups excluding carboxylic acids is 1. The first-order valence-corrected chi connectivity index (χ1v) is 10.5. The molecular formula is C17H16ClN3O3S2. The lowest BCUT2D eigenvalue weighted by molar-refractivity contribution is -0.116. The quantitative estimate of drug-likeness (QED) is 0.627. The Hall–Kier alpha value is -2.16. The summed E-state index contributed by atoms with van der Waals surface area (Å²) in [6.07, 6.45) is 1.19. The molecular weight excluding hydrogens is 394 g/mol. The fraction of sp³-hybridized carbons (Fsp3) is 0.176. The Bertz CT molecular complexity index is 1050. The molecule has 0 fully saturated rings. The van der Waals surface area contributed by atoms with E-state index in [1.54, 1.807) is 18.2 Å². The number of sulfonamides is 1. The van der Waals surface area contributed by atoms with Crippen LogP contribution in [0.1, 0.15) is 19.8 Å². The number of hydrogen-bond donors (Lipinski definition) is 2. The van der Waals surface area contributed by atoms with Gasteiger partial charge in [0.15, 0.2) is 5.13 Å². The number of hydrogen-bond acceptors (Lipinski definition) is 5. The van der Waals surface area contributed by atoms with E-state index in [2.05, 4.69) is 15.0 Å². The zero-order chi connectivity index (χ0) is 18.7. The second-order valence-electron chi connectivity index (χ2n) is 5.56. The van der Waals surface area contributed by atoms with Gasteiger partial charge in [-0.25, -0.2) is 13.4 Å². The van der Waals surface area contributed by atoms with E-state index in [1.807, 2.05) is 6.92 Å². The molecule has 0 atom stereocenters. The molecule has 26 heavy (non-hydrogen) atoms. The largest absolute Gasteiger partial charge is 0.302 e. The predicted molar refractivity (Wildman–Crippen MR) is 105 cm³/mol. The number of amides is 1. The Morgan fingerprint density at radius 1 is 1.19 bits per heavy atom. The average Bonchev–Trinajstić information content (AvgIpc) is 2.96. The molecule has 0 spiro atoms. The molecule has 0 saturated heterocycles. The lowest BCUT2D eigenvalue weighted by Gasteiger charge is -2.08. The van der Waals surface area contributed by atoms with Gasteiger partial charge in [-0.3, -0.25) is 9.52 Å². The van der Waals surface area contributed by atoms with Crippen molar-refractivity contribution < 1.29 is 13.2 Å². The van der Waals surface area contributed by atoms with Crippen molar-refractivity contribution in [3.05, 3.63) is 47.5 Å². The Balaban J connectivity index is 1.82. The summed E-state index contributed by atoms with van der Waals surface area (Å²) >= 11 is 7.13. The standard InChI is InChI=1S/C17H16ClN3O3S2/c1-2-3-16(22)20-17-19-14-10-12(6-9-15(14)25-17)21-26(23,24)13-7-4-11(18)5-8-13/h4-10,21H,2-3H2,1H3,(H,19,20,22). The lowest BCUT2D eigenvalue weighted by Crippen LogP contribution is -2.12. The highest BCUT2D eigenvalue weighted by Gasteiger charge is 2.15. The van der Waals surface area contributed by atoms with Gasteiger partial charge in [0.05, 0.1) is 20.8 Å². The number of benzene rings is 2. The van der Waals surface area contributed by atoms with E-state index >= 15 is 0 Å². The van der Waals surface area contributed by atoms with Gasteiger partial charge in [0.1, 0.15) is 0 Å². The van der Waals surface area contributed by atoms with Gasteiger partial charge >= 0.3 is 0 Å². The van der Waals surface area contributed by atoms with Gasteiger partial charge in [0.2, 0.25) is 5.91 Å². The van der Waals surface area contributed by atoms with Crippen LogP contribution in [0.5, 0.6) is 0 Å². The van der Waals surface area contributed by atoms with Crippen molar-refractivity contribution in [3.8, 4) is 0 Å². The second kappa shape index (κ2) is 7.61. The number of thiazole rings is 1. The van der Waals surface area contributed by atoms with Gasteiger partial charge in [0.25, 0.3) is 10.0 Å². The molecule has 1 amide bonds. The Morgan fingerprint density at radius 2 is 1.92 bits per heavy atom. The number of rotatable bonds is 6. The average molecular weight is 410 g/mol. The fourth-order valence-electron chi connectivity index (χ4n) is 2.28. The minimum atomic E-state index is -3.72. The van der Waals surface area contributed by atoms with Crippen LogP contribution in [0, 0.1) is 0 Å². The van der Waals surface area contributed by atoms with E-state index in [-0.39, 0.29) is 10.8 Å². The molecule has 2 N–H and O–H groups in total. The summed E-state index contributed by atoms with van der Waals surface area (Å²) in [4.78, 5) is 16.1. The summed E-state index contributed by atoms with van der Waals surface area (Å²) in [5.41, 5.74) is 1.00. The molecule has 3 rings (SSSR count). The SMILES string of the molecule is CCCC(=O)Nc1nc2cc(NS(=O)(=O)c3ccc(Cl)cc3)ccc2s1. The zero-order valence-electron chi connectivity index (χ0n) is 13.8. The van der Waals surface area contributed by atoms with E-state index < -0.39 is 10.0 Å². The summed E-state index contributed by atoms with van der Waals surface area (Å²) < 4.78 is 28.3. The Labute approximate surface area is 160 Å². The lowest BCUT2D eigenvalue weighted by atomic mass is 10.3. The van der Waals surface area contributed by atoms with Crippen molar-refractivity contribution in [1.82, 2.24) is 4.98 Å². The minimum Gasteiger partial charge on any atom is -0.302 e. The van der Waals surface area contributed by atoms with Crippen LogP contribution in [0.3, 0.4) is 0 Å². The van der Waals surface area contributed by atoms with Crippen molar-refractivity contribution in [2.75, 3.05) is 10.0 Å². The third-order valence-corrected chi connectivity index (χ3v) is 6.09. The third kappa shape index (κ3) is 4.32. The van der Waals surface area contributed by atoms with Gasteiger partial charge in [-0.2, -0.15) is 0 Å². The first-order chi connectivity index (χ1) is 12.4. The van der Waals surface area contributed by atoms with E-state index in [1.165, 1.54) is 35.6 Å². The van der Waals surface area contributed by atoms with Crippen molar-refractivity contribution in [2.24, 2.45) is 0 Å². The summed E-state index contributed by atoms with van der Waals surface area (Å²) in [6, 6.07) is 11.0. The van der Waals surface area contributed by atoms with Gasteiger partial charge < -0.3 is 5.32 Å². The topological polar surface area (TPSA) is 88.2 Å².